The molecule has 140 valence electrons. The number of anilines is 2. The van der Waals surface area contributed by atoms with Crippen LogP contribution in [0.15, 0.2) is 24.8 Å². The van der Waals surface area contributed by atoms with Gasteiger partial charge in [0.25, 0.3) is 0 Å². The quantitative estimate of drug-likeness (QED) is 0.789. The predicted octanol–water partition coefficient (Wildman–Crippen LogP) is 1.34. The van der Waals surface area contributed by atoms with Gasteiger partial charge in [-0.25, -0.2) is 9.97 Å². The van der Waals surface area contributed by atoms with Gasteiger partial charge in [0.1, 0.15) is 11.5 Å². The highest BCUT2D eigenvalue weighted by atomic mass is 16.2. The van der Waals surface area contributed by atoms with E-state index in [0.717, 1.165) is 24.9 Å². The maximum absolute atomic E-state index is 12.4. The lowest BCUT2D eigenvalue weighted by molar-refractivity contribution is -0.117. The van der Waals surface area contributed by atoms with Gasteiger partial charge < -0.3 is 20.9 Å². The average Bonchev–Trinajstić information content (AvgIpc) is 3.37. The number of likely N-dealkylation sites (N-methyl/N-ethyl adjacent to an activating group) is 1. The molecule has 9 nitrogen and oxygen atoms in total. The van der Waals surface area contributed by atoms with Crippen LogP contribution in [0.2, 0.25) is 0 Å². The van der Waals surface area contributed by atoms with Crippen LogP contribution in [-0.4, -0.2) is 51.3 Å². The van der Waals surface area contributed by atoms with Gasteiger partial charge in [-0.05, 0) is 12.8 Å². The van der Waals surface area contributed by atoms with Gasteiger partial charge >= 0.3 is 0 Å². The number of nitrogens with two attached hydrogens (primary N) is 1. The fourth-order valence-electron chi connectivity index (χ4n) is 3.77. The van der Waals surface area contributed by atoms with E-state index in [9.17, 15) is 4.79 Å². The van der Waals surface area contributed by atoms with Crippen molar-refractivity contribution in [1.82, 2.24) is 19.5 Å². The van der Waals surface area contributed by atoms with Crippen molar-refractivity contribution >= 4 is 29.2 Å². The van der Waals surface area contributed by atoms with E-state index in [1.165, 1.54) is 19.0 Å². The van der Waals surface area contributed by atoms with E-state index in [4.69, 9.17) is 16.1 Å². The summed E-state index contributed by atoms with van der Waals surface area (Å²) in [6.45, 7) is 0.329. The molecule has 0 aromatic carbocycles. The number of carbonyl (C=O) groups is 1. The molecule has 1 aliphatic carbocycles. The number of fused-ring (bicyclic) bond motifs is 1. The minimum absolute atomic E-state index is 0.0474. The second-order valence-electron chi connectivity index (χ2n) is 6.78. The van der Waals surface area contributed by atoms with E-state index in [2.05, 4.69) is 14.9 Å². The molecular weight excluding hydrogens is 344 g/mol. The number of hydrogen-bond donors (Lipinski definition) is 2. The van der Waals surface area contributed by atoms with E-state index < -0.39 is 0 Å². The Balaban J connectivity index is 1.81. The van der Waals surface area contributed by atoms with Crippen LogP contribution >= 0.6 is 0 Å². The summed E-state index contributed by atoms with van der Waals surface area (Å²) in [4.78, 5) is 29.6. The Hall–Kier alpha value is -3.23. The number of imidazole rings is 1. The van der Waals surface area contributed by atoms with E-state index in [1.54, 1.807) is 35.1 Å². The molecule has 0 atom stereocenters. The molecule has 1 fully saturated rings. The van der Waals surface area contributed by atoms with Gasteiger partial charge in [0.05, 0.1) is 18.3 Å². The third-order valence-electron chi connectivity index (χ3n) is 5.27. The van der Waals surface area contributed by atoms with Gasteiger partial charge in [0, 0.05) is 37.9 Å². The van der Waals surface area contributed by atoms with E-state index in [1.807, 2.05) is 0 Å². The van der Waals surface area contributed by atoms with Crippen LogP contribution < -0.4 is 15.5 Å². The van der Waals surface area contributed by atoms with E-state index in [-0.39, 0.29) is 5.91 Å². The maximum atomic E-state index is 12.4. The Morgan fingerprint density at radius 2 is 2.11 bits per heavy atom. The molecule has 1 saturated carbocycles. The first-order chi connectivity index (χ1) is 13.1. The summed E-state index contributed by atoms with van der Waals surface area (Å²) in [6.07, 6.45) is 12.0. The lowest BCUT2D eigenvalue weighted by atomic mass is 10.1. The summed E-state index contributed by atoms with van der Waals surface area (Å²) in [7, 11) is 1.75. The zero-order valence-electron chi connectivity index (χ0n) is 15.2. The molecule has 2 aromatic rings. The molecule has 2 aliphatic rings. The molecule has 0 bridgehead atoms. The average molecular weight is 366 g/mol. The van der Waals surface area contributed by atoms with Crippen molar-refractivity contribution in [3.63, 3.8) is 0 Å². The molecule has 1 amide bonds. The van der Waals surface area contributed by atoms with Crippen LogP contribution in [0, 0.1) is 5.41 Å². The smallest absolute Gasteiger partial charge is 0.246 e. The highest BCUT2D eigenvalue weighted by Gasteiger charge is 2.34. The van der Waals surface area contributed by atoms with Crippen LogP contribution in [0.4, 0.5) is 11.5 Å². The van der Waals surface area contributed by atoms with Crippen molar-refractivity contribution in [2.75, 3.05) is 23.4 Å². The minimum Gasteiger partial charge on any atom is -0.404 e. The number of nitrogens with zero attached hydrogens (tertiary/aromatic N) is 6. The lowest BCUT2D eigenvalue weighted by Gasteiger charge is -2.37. The molecule has 0 spiro atoms. The normalized spacial score (nSPS) is 18.1. The Morgan fingerprint density at radius 1 is 1.33 bits per heavy atom. The van der Waals surface area contributed by atoms with Gasteiger partial charge in [0.15, 0.2) is 5.82 Å². The SMILES string of the molecule is CN1C(=O)CN(C2CCCC2)c2nc(-n3ccnc3/C(C=N)=C/N)ncc21. The zero-order valence-corrected chi connectivity index (χ0v) is 15.2. The molecule has 0 saturated heterocycles. The molecule has 0 radical (unpaired) electrons. The first-order valence-electron chi connectivity index (χ1n) is 9.00. The van der Waals surface area contributed by atoms with Gasteiger partial charge in [0.2, 0.25) is 11.9 Å². The number of aromatic nitrogens is 4. The molecule has 27 heavy (non-hydrogen) atoms. The van der Waals surface area contributed by atoms with Crippen molar-refractivity contribution in [2.24, 2.45) is 5.73 Å². The second kappa shape index (κ2) is 6.82. The molecule has 1 aliphatic heterocycles. The Morgan fingerprint density at radius 3 is 2.81 bits per heavy atom. The summed E-state index contributed by atoms with van der Waals surface area (Å²) >= 11 is 0. The second-order valence-corrected chi connectivity index (χ2v) is 6.78. The molecular formula is C18H22N8O. The van der Waals surface area contributed by atoms with Crippen LogP contribution in [0.25, 0.3) is 11.5 Å². The maximum Gasteiger partial charge on any atom is 0.246 e. The van der Waals surface area contributed by atoms with Crippen molar-refractivity contribution in [1.29, 1.82) is 5.41 Å². The van der Waals surface area contributed by atoms with Crippen LogP contribution in [-0.2, 0) is 4.79 Å². The standard InChI is InChI=1S/C18H22N8O/c1-24-14-10-22-18(25-7-6-21-16(25)12(8-19)9-20)23-17(14)26(11-15(24)27)13-4-2-3-5-13/h6-10,13,19H,2-5,11,20H2,1H3/b12-9+,19-8?. The molecule has 9 heteroatoms. The van der Waals surface area contributed by atoms with Crippen molar-refractivity contribution in [2.45, 2.75) is 31.7 Å². The number of allylic oxidation sites excluding steroid dienone is 1. The Labute approximate surface area is 157 Å². The van der Waals surface area contributed by atoms with Crippen LogP contribution in [0.3, 0.4) is 0 Å². The highest BCUT2D eigenvalue weighted by Crippen LogP contribution is 2.36. The van der Waals surface area contributed by atoms with Gasteiger partial charge in [-0.2, -0.15) is 4.98 Å². The topological polar surface area (TPSA) is 117 Å². The number of carbonyl (C=O) groups excluding carboxylic acids is 1. The zero-order chi connectivity index (χ0) is 19.0. The molecule has 3 N–H and O–H groups in total. The number of amides is 1. The fraction of sp³-hybridized carbons (Fsp3) is 0.389. The van der Waals surface area contributed by atoms with Gasteiger partial charge in [-0.3, -0.25) is 9.36 Å². The molecule has 0 unspecified atom stereocenters. The Kier molecular flexibility index (Phi) is 4.35. The van der Waals surface area contributed by atoms with Crippen molar-refractivity contribution < 1.29 is 4.79 Å². The summed E-state index contributed by atoms with van der Waals surface area (Å²) in [5.41, 5.74) is 6.80. The predicted molar refractivity (Wildman–Crippen MR) is 103 cm³/mol. The molecule has 2 aromatic heterocycles. The third-order valence-corrected chi connectivity index (χ3v) is 5.27. The number of nitrogens with one attached hydrogen (secondary N) is 1. The molecule has 4 rings (SSSR count). The lowest BCUT2D eigenvalue weighted by Crippen LogP contribution is -2.48. The van der Waals surface area contributed by atoms with Crippen molar-refractivity contribution in [3.05, 3.63) is 30.6 Å². The van der Waals surface area contributed by atoms with E-state index >= 15 is 0 Å². The van der Waals surface area contributed by atoms with Gasteiger partial charge in [-0.1, -0.05) is 12.8 Å². The Bertz CT molecular complexity index is 912. The number of rotatable bonds is 4. The fourth-order valence-corrected chi connectivity index (χ4v) is 3.77. The number of hydrogen-bond acceptors (Lipinski definition) is 7. The van der Waals surface area contributed by atoms with Crippen LogP contribution in [0.5, 0.6) is 0 Å². The van der Waals surface area contributed by atoms with Gasteiger partial charge in [-0.15, -0.1) is 0 Å². The third kappa shape index (κ3) is 2.84. The summed E-state index contributed by atoms with van der Waals surface area (Å²) in [6, 6.07) is 0.326. The summed E-state index contributed by atoms with van der Waals surface area (Å²) in [5.74, 6) is 1.75. The summed E-state index contributed by atoms with van der Waals surface area (Å²) in [5, 5.41) is 7.52. The minimum atomic E-state index is 0.0474. The first kappa shape index (κ1) is 17.2. The summed E-state index contributed by atoms with van der Waals surface area (Å²) < 4.78 is 1.70. The van der Waals surface area contributed by atoms with Crippen LogP contribution in [0.1, 0.15) is 31.5 Å². The van der Waals surface area contributed by atoms with Crippen molar-refractivity contribution in [3.8, 4) is 5.95 Å². The first-order valence-corrected chi connectivity index (χ1v) is 9.00. The molecule has 3 heterocycles. The monoisotopic (exact) mass is 366 g/mol. The van der Waals surface area contributed by atoms with E-state index in [0.29, 0.717) is 35.6 Å². The highest BCUT2D eigenvalue weighted by molar-refractivity contribution is 6.06. The largest absolute Gasteiger partial charge is 0.404 e.